The number of carbonyl (C=O) groups is 9. The maximum absolute atomic E-state index is 16.7. The standard InChI is InChI=1S/C83H88Cl2N8O29/c1-33(2)10-8-6-4-5-7-9-11-56(99)88-65-68(102)70(104)73(81(114)115)122-82(65)121-72-53-26-38-27-54(72)118-50-21-16-37(24-45(50)84)66(100)64-79(111)92-63(80(112)113)43-28-39(95)29-52(119-83-71(105)69(103)67(101)55(32-94)120-83)57(43)42-23-35(14-19-47(42)96)60(76(108)93-64)89-77(109)61(38)90-78(110)62-44-30-41(31-49(98)58(44)85)117-51-25-36(15-20-48(51)97)59(86-3)75(107)87-46(74(106)91-62)22-34-12-17-40(116-53)18-13-34/h12-21,23-31,33,46,55,59-71,73,82-83,86,94-98,100-105H,4-11,22,32H2,1-3H3,(H,87,107)(H,88,99)(H,89,109)(H,90,110)(H,91,106)(H,92,111)(H,93,108)(H,112,113)(H,114,115)/t46?,55-,59?,60?,61?,62?,63?,64?,65-,66?,67-,68-,69+,70+,71+,73+,82-,83+/m1/s1. The zero-order valence-corrected chi connectivity index (χ0v) is 66.6. The molecule has 8 heterocycles. The Kier molecular flexibility index (Phi) is 26.8. The largest absolute Gasteiger partial charge is 0.508 e. The molecule has 0 aromatic heterocycles. The van der Waals surface area contributed by atoms with Gasteiger partial charge in [0.05, 0.1) is 16.7 Å². The Bertz CT molecular complexity index is 5200. The minimum Gasteiger partial charge on any atom is -0.508 e. The van der Waals surface area contributed by atoms with Gasteiger partial charge in [-0.25, -0.2) is 9.59 Å². The van der Waals surface area contributed by atoms with Crippen LogP contribution >= 0.6 is 23.2 Å². The zero-order valence-electron chi connectivity index (χ0n) is 65.1. The van der Waals surface area contributed by atoms with Gasteiger partial charge in [0.2, 0.25) is 59.7 Å². The second-order valence-electron chi connectivity index (χ2n) is 30.6. The third-order valence-corrected chi connectivity index (χ3v) is 22.3. The molecule has 2 fully saturated rings. The Hall–Kier alpha value is -11.9. The fourth-order valence-corrected chi connectivity index (χ4v) is 15.6. The van der Waals surface area contributed by atoms with Crippen LogP contribution in [0.25, 0.3) is 11.1 Å². The summed E-state index contributed by atoms with van der Waals surface area (Å²) >= 11 is 14.2. The van der Waals surface area contributed by atoms with Crippen molar-refractivity contribution in [3.8, 4) is 80.1 Å². The van der Waals surface area contributed by atoms with E-state index in [-0.39, 0.29) is 40.4 Å². The quantitative estimate of drug-likeness (QED) is 0.0536. The number of phenols is 4. The van der Waals surface area contributed by atoms with E-state index < -0.39 is 271 Å². The molecule has 648 valence electrons. The van der Waals surface area contributed by atoms with Crippen LogP contribution in [0.4, 0.5) is 0 Å². The molecule has 7 aromatic rings. The number of aromatic hydroxyl groups is 4. The summed E-state index contributed by atoms with van der Waals surface area (Å²) < 4.78 is 44.0. The van der Waals surface area contributed by atoms with Crippen LogP contribution in [0.2, 0.25) is 10.0 Å². The molecule has 21 N–H and O–H groups in total. The van der Waals surface area contributed by atoms with Gasteiger partial charge in [0.15, 0.2) is 35.1 Å². The fraction of sp³-hybridized carbons (Fsp3) is 0.386. The van der Waals surface area contributed by atoms with E-state index in [9.17, 15) is 85.6 Å². The lowest BCUT2D eigenvalue weighted by Crippen LogP contribution is -2.66. The predicted octanol–water partition coefficient (Wildman–Crippen LogP) is 4.18. The highest BCUT2D eigenvalue weighted by Gasteiger charge is 2.52. The van der Waals surface area contributed by atoms with Crippen molar-refractivity contribution in [2.45, 2.75) is 181 Å². The van der Waals surface area contributed by atoms with Crippen LogP contribution in [0.5, 0.6) is 69.0 Å². The van der Waals surface area contributed by atoms with Crippen molar-refractivity contribution in [3.63, 3.8) is 0 Å². The average molecular weight is 1730 g/mol. The minimum atomic E-state index is -2.47. The summed E-state index contributed by atoms with van der Waals surface area (Å²) in [7, 11) is 1.42. The van der Waals surface area contributed by atoms with Gasteiger partial charge < -0.3 is 142 Å². The molecule has 122 heavy (non-hydrogen) atoms. The summed E-state index contributed by atoms with van der Waals surface area (Å²) in [6.07, 6.45) is -16.3. The molecule has 8 aliphatic rings. The summed E-state index contributed by atoms with van der Waals surface area (Å²) in [4.78, 5) is 136. The number of carbonyl (C=O) groups excluding carboxylic acids is 7. The number of aliphatic hydroxyl groups is 7. The normalized spacial score (nSPS) is 26.5. The maximum atomic E-state index is 16.7. The Morgan fingerprint density at radius 1 is 0.533 bits per heavy atom. The molecule has 0 spiro atoms. The number of rotatable bonds is 18. The Balaban J connectivity index is 1.04. The van der Waals surface area contributed by atoms with Crippen molar-refractivity contribution in [2.75, 3.05) is 13.7 Å². The first kappa shape index (κ1) is 88.0. The molecule has 0 radical (unpaired) electrons. The van der Waals surface area contributed by atoms with Gasteiger partial charge >= 0.3 is 11.9 Å². The molecule has 37 nitrogen and oxygen atoms in total. The summed E-state index contributed by atoms with van der Waals surface area (Å²) in [6.45, 7) is 3.26. The first-order valence-corrected chi connectivity index (χ1v) is 39.7. The highest BCUT2D eigenvalue weighted by atomic mass is 35.5. The number of aliphatic carboxylic acids is 2. The van der Waals surface area contributed by atoms with E-state index in [1.807, 2.05) is 0 Å². The highest BCUT2D eigenvalue weighted by molar-refractivity contribution is 6.33. The molecular weight excluding hydrogens is 1640 g/mol. The first-order chi connectivity index (χ1) is 58.2. The Labute approximate surface area is 703 Å². The van der Waals surface area contributed by atoms with E-state index in [0.29, 0.717) is 18.8 Å². The van der Waals surface area contributed by atoms with Gasteiger partial charge in [-0.05, 0) is 120 Å². The van der Waals surface area contributed by atoms with E-state index in [0.717, 1.165) is 105 Å². The number of phenolic OH excluding ortho intramolecular Hbond substituents is 4. The van der Waals surface area contributed by atoms with Crippen molar-refractivity contribution >= 4 is 76.5 Å². The number of likely N-dealkylation sites (N-methyl/N-ethyl adjacent to an activating group) is 1. The molecule has 0 aliphatic carbocycles. The summed E-state index contributed by atoms with van der Waals surface area (Å²) in [5, 5.41) is 167. The van der Waals surface area contributed by atoms with Gasteiger partial charge in [0.25, 0.3) is 0 Å². The number of aliphatic hydroxyl groups excluding tert-OH is 7. The van der Waals surface area contributed by atoms with Crippen LogP contribution in [-0.2, 0) is 59.0 Å². The van der Waals surface area contributed by atoms with Crippen molar-refractivity contribution in [1.82, 2.24) is 42.5 Å². The SMILES string of the molecule is CNC1C(=O)NC2Cc3ccc(cc3)Oc3cc4cc(c3O[C@@H]3O[C@H](C(=O)O)[C@@H](O)[C@H](O)[C@H]3NC(=O)CCCCCCCCC(C)C)Oc3ccc(cc3Cl)C(O)C3NC(=O)C(NC(=O)C4NC(=O)C(NC2=O)c2cc(cc(O)c2Cl)Oc2cc1ccc2O)c1ccc(O)c(c1)-c1c(O[C@H]2O[C@H](CO)[C@@H](O)[C@H](O)[C@@H]2O)cc(O)cc1C(C(=O)O)NC3=O. The Morgan fingerprint density at radius 2 is 1.17 bits per heavy atom. The zero-order chi connectivity index (χ0) is 87.6. The number of hydrogen-bond donors (Lipinski definition) is 21. The second-order valence-corrected chi connectivity index (χ2v) is 31.4. The minimum absolute atomic E-state index is 0.153. The first-order valence-electron chi connectivity index (χ1n) is 38.9. The monoisotopic (exact) mass is 1730 g/mol. The summed E-state index contributed by atoms with van der Waals surface area (Å²) in [6, 6.07) is 4.41. The smallest absolute Gasteiger partial charge is 0.335 e. The van der Waals surface area contributed by atoms with Gasteiger partial charge in [0, 0.05) is 47.2 Å². The molecule has 7 amide bonds. The number of carboxylic acid groups (broad SMARTS) is 2. The molecule has 15 rings (SSSR count). The number of benzene rings is 7. The summed E-state index contributed by atoms with van der Waals surface area (Å²) in [5.74, 6) is -19.0. The van der Waals surface area contributed by atoms with Crippen molar-refractivity contribution < 1.29 is 143 Å². The number of ether oxygens (including phenoxy) is 7. The predicted molar refractivity (Wildman–Crippen MR) is 424 cm³/mol. The van der Waals surface area contributed by atoms with E-state index in [2.05, 4.69) is 56.4 Å². The number of nitrogens with one attached hydrogen (secondary N) is 8. The van der Waals surface area contributed by atoms with E-state index >= 15 is 24.0 Å². The number of carboxylic acids is 2. The third-order valence-electron chi connectivity index (χ3n) is 21.6. The van der Waals surface area contributed by atoms with E-state index in [1.54, 1.807) is 0 Å². The molecule has 0 saturated carbocycles. The van der Waals surface area contributed by atoms with Crippen LogP contribution in [-0.4, -0.2) is 207 Å². The van der Waals surface area contributed by atoms with Crippen molar-refractivity contribution in [2.24, 2.45) is 5.92 Å². The topological polar surface area (TPSA) is 577 Å². The second kappa shape index (κ2) is 37.2. The Morgan fingerprint density at radius 3 is 1.86 bits per heavy atom. The molecule has 18 atom stereocenters. The van der Waals surface area contributed by atoms with Gasteiger partial charge in [-0.1, -0.05) is 106 Å². The third kappa shape index (κ3) is 18.9. The van der Waals surface area contributed by atoms with E-state index in [4.69, 9.17) is 56.4 Å². The molecule has 7 aromatic carbocycles. The fourth-order valence-electron chi connectivity index (χ4n) is 15.2. The number of amides is 7. The van der Waals surface area contributed by atoms with Gasteiger partial charge in [-0.2, -0.15) is 0 Å². The number of halogens is 2. The molecule has 8 unspecified atom stereocenters. The van der Waals surface area contributed by atoms with Crippen LogP contribution in [0.3, 0.4) is 0 Å². The number of fused-ring (bicyclic) bond motifs is 14. The van der Waals surface area contributed by atoms with Crippen LogP contribution in [0.1, 0.15) is 140 Å². The van der Waals surface area contributed by atoms with Gasteiger partial charge in [-0.15, -0.1) is 0 Å². The van der Waals surface area contributed by atoms with Crippen molar-refractivity contribution in [1.29, 1.82) is 0 Å². The lowest BCUT2D eigenvalue weighted by Gasteiger charge is -2.41. The van der Waals surface area contributed by atoms with Gasteiger partial charge in [-0.3, -0.25) is 33.6 Å². The van der Waals surface area contributed by atoms with Crippen molar-refractivity contribution in [3.05, 3.63) is 164 Å². The van der Waals surface area contributed by atoms with Gasteiger partial charge in [0.1, 0.15) is 125 Å². The molecule has 17 bridgehead atoms. The lowest BCUT2D eigenvalue weighted by molar-refractivity contribution is -0.277. The van der Waals surface area contributed by atoms with Crippen LogP contribution in [0, 0.1) is 5.92 Å². The number of unbranched alkanes of at least 4 members (excludes halogenated alkanes) is 5. The van der Waals surface area contributed by atoms with E-state index in [1.165, 1.54) is 49.5 Å². The average Bonchev–Trinajstić information content (AvgIpc) is 0.760. The molecule has 8 aliphatic heterocycles. The summed E-state index contributed by atoms with van der Waals surface area (Å²) in [5.41, 5.74) is -3.29. The lowest BCUT2D eigenvalue weighted by atomic mass is 9.89. The highest BCUT2D eigenvalue weighted by Crippen LogP contribution is 2.50. The molecule has 2 saturated heterocycles. The number of hydrogen-bond acceptors (Lipinski definition) is 28. The van der Waals surface area contributed by atoms with Crippen LogP contribution < -0.4 is 66.2 Å². The molecule has 39 heteroatoms. The molecular formula is C83H88Cl2N8O29. The van der Waals surface area contributed by atoms with Crippen LogP contribution in [0.15, 0.2) is 115 Å². The maximum Gasteiger partial charge on any atom is 0.335 e.